The number of thiocarbonyl (C=S) groups is 1. The van der Waals surface area contributed by atoms with E-state index in [0.717, 1.165) is 11.1 Å². The van der Waals surface area contributed by atoms with Gasteiger partial charge in [-0.1, -0.05) is 11.2 Å². The number of hydrogen-bond acceptors (Lipinski definition) is 4. The summed E-state index contributed by atoms with van der Waals surface area (Å²) in [5, 5.41) is 7.74. The molecule has 5 nitrogen and oxygen atoms in total. The highest BCUT2D eigenvalue weighted by molar-refractivity contribution is 7.80. The Labute approximate surface area is 98.2 Å². The van der Waals surface area contributed by atoms with Crippen LogP contribution in [0, 0.1) is 0 Å². The summed E-state index contributed by atoms with van der Waals surface area (Å²) in [6, 6.07) is 5.73. The van der Waals surface area contributed by atoms with Crippen molar-refractivity contribution in [1.29, 1.82) is 0 Å². The van der Waals surface area contributed by atoms with E-state index in [0.29, 0.717) is 11.4 Å². The first kappa shape index (κ1) is 10.7. The number of hydrogen-bond donors (Lipinski definition) is 2. The zero-order valence-electron chi connectivity index (χ0n) is 9.02. The van der Waals surface area contributed by atoms with E-state index in [1.54, 1.807) is 0 Å². The fourth-order valence-corrected chi connectivity index (χ4v) is 1.65. The Morgan fingerprint density at radius 3 is 2.88 bits per heavy atom. The molecule has 0 aliphatic rings. The number of fused-ring (bicyclic) bond motifs is 1. The molecule has 3 N–H and O–H groups in total. The van der Waals surface area contributed by atoms with Gasteiger partial charge in [-0.15, -0.1) is 0 Å². The standard InChI is InChI=1S/C10H12N4OS/c1-14(2)6-4-3-5-7-8(6)9(13-15-7)12-10(11)16/h3-5H,1-2H3,(H3,11,12,13,16). The van der Waals surface area contributed by atoms with E-state index in [1.165, 1.54) is 0 Å². The molecule has 0 saturated carbocycles. The molecule has 2 aromatic rings. The highest BCUT2D eigenvalue weighted by Crippen LogP contribution is 2.31. The van der Waals surface area contributed by atoms with Crippen molar-refractivity contribution < 1.29 is 4.52 Å². The number of rotatable bonds is 2. The summed E-state index contributed by atoms with van der Waals surface area (Å²) in [5.41, 5.74) is 7.12. The number of anilines is 2. The largest absolute Gasteiger partial charge is 0.377 e. The Balaban J connectivity index is 2.63. The van der Waals surface area contributed by atoms with Gasteiger partial charge in [-0.2, -0.15) is 0 Å². The number of nitrogens with two attached hydrogens (primary N) is 1. The molecule has 16 heavy (non-hydrogen) atoms. The predicted molar refractivity (Wildman–Crippen MR) is 68.7 cm³/mol. The number of nitrogens with one attached hydrogen (secondary N) is 1. The van der Waals surface area contributed by atoms with Crippen molar-refractivity contribution in [2.24, 2.45) is 5.73 Å². The SMILES string of the molecule is CN(C)c1cccc2onc(NC(N)=S)c12. The van der Waals surface area contributed by atoms with Gasteiger partial charge in [0.25, 0.3) is 0 Å². The molecule has 0 radical (unpaired) electrons. The van der Waals surface area contributed by atoms with Crippen molar-refractivity contribution >= 4 is 39.8 Å². The Hall–Kier alpha value is -1.82. The average molecular weight is 236 g/mol. The summed E-state index contributed by atoms with van der Waals surface area (Å²) in [4.78, 5) is 1.98. The summed E-state index contributed by atoms with van der Waals surface area (Å²) < 4.78 is 5.19. The van der Waals surface area contributed by atoms with Crippen LogP contribution in [0.15, 0.2) is 22.7 Å². The first-order valence-electron chi connectivity index (χ1n) is 4.72. The molecule has 0 bridgehead atoms. The molecule has 2 rings (SSSR count). The van der Waals surface area contributed by atoms with Crippen LogP contribution < -0.4 is 16.0 Å². The van der Waals surface area contributed by atoms with Gasteiger partial charge in [-0.25, -0.2) is 0 Å². The van der Waals surface area contributed by atoms with E-state index in [1.807, 2.05) is 37.2 Å². The van der Waals surface area contributed by atoms with Crippen LogP contribution in [0.2, 0.25) is 0 Å². The summed E-state index contributed by atoms with van der Waals surface area (Å²) in [7, 11) is 3.90. The van der Waals surface area contributed by atoms with Gasteiger partial charge in [-0.3, -0.25) is 0 Å². The third-order valence-electron chi connectivity index (χ3n) is 2.20. The van der Waals surface area contributed by atoms with E-state index < -0.39 is 0 Å². The average Bonchev–Trinajstić information content (AvgIpc) is 2.60. The molecule has 1 aromatic carbocycles. The van der Waals surface area contributed by atoms with Crippen LogP contribution in [-0.4, -0.2) is 24.4 Å². The van der Waals surface area contributed by atoms with E-state index in [9.17, 15) is 0 Å². The van der Waals surface area contributed by atoms with Crippen LogP contribution in [-0.2, 0) is 0 Å². The minimum Gasteiger partial charge on any atom is -0.377 e. The Morgan fingerprint density at radius 2 is 2.25 bits per heavy atom. The lowest BCUT2D eigenvalue weighted by atomic mass is 10.2. The lowest BCUT2D eigenvalue weighted by molar-refractivity contribution is 0.460. The second kappa shape index (κ2) is 3.97. The highest BCUT2D eigenvalue weighted by atomic mass is 32.1. The highest BCUT2D eigenvalue weighted by Gasteiger charge is 2.13. The van der Waals surface area contributed by atoms with Crippen LogP contribution >= 0.6 is 12.2 Å². The van der Waals surface area contributed by atoms with Crippen LogP contribution in [0.1, 0.15) is 0 Å². The second-order valence-corrected chi connectivity index (χ2v) is 4.00. The van der Waals surface area contributed by atoms with Crippen molar-refractivity contribution in [2.45, 2.75) is 0 Å². The lowest BCUT2D eigenvalue weighted by Crippen LogP contribution is -2.19. The molecule has 0 amide bonds. The summed E-state index contributed by atoms with van der Waals surface area (Å²) >= 11 is 4.79. The van der Waals surface area contributed by atoms with Crippen LogP contribution in [0.5, 0.6) is 0 Å². The third kappa shape index (κ3) is 1.79. The molecule has 0 aliphatic carbocycles. The minimum atomic E-state index is 0.170. The van der Waals surface area contributed by atoms with Crippen LogP contribution in [0.25, 0.3) is 11.0 Å². The van der Waals surface area contributed by atoms with Gasteiger partial charge in [0.15, 0.2) is 16.5 Å². The van der Waals surface area contributed by atoms with Crippen molar-refractivity contribution in [1.82, 2.24) is 5.16 Å². The van der Waals surface area contributed by atoms with Crippen molar-refractivity contribution in [3.8, 4) is 0 Å². The van der Waals surface area contributed by atoms with Crippen molar-refractivity contribution in [3.05, 3.63) is 18.2 Å². The molecule has 0 unspecified atom stereocenters. The Kier molecular flexibility index (Phi) is 2.66. The fourth-order valence-electron chi connectivity index (χ4n) is 1.55. The molecular weight excluding hydrogens is 224 g/mol. The zero-order valence-corrected chi connectivity index (χ0v) is 9.84. The molecule has 0 saturated heterocycles. The van der Waals surface area contributed by atoms with E-state index >= 15 is 0 Å². The molecule has 0 fully saturated rings. The van der Waals surface area contributed by atoms with Crippen LogP contribution in [0.3, 0.4) is 0 Å². The quantitative estimate of drug-likeness (QED) is 0.771. The third-order valence-corrected chi connectivity index (χ3v) is 2.30. The van der Waals surface area contributed by atoms with Gasteiger partial charge in [0.2, 0.25) is 0 Å². The van der Waals surface area contributed by atoms with Gasteiger partial charge in [-0.05, 0) is 24.4 Å². The molecule has 0 aliphatic heterocycles. The molecule has 1 aromatic heterocycles. The van der Waals surface area contributed by atoms with E-state index in [2.05, 4.69) is 10.5 Å². The lowest BCUT2D eigenvalue weighted by Gasteiger charge is -2.13. The van der Waals surface area contributed by atoms with Gasteiger partial charge in [0.1, 0.15) is 0 Å². The molecule has 1 heterocycles. The molecule has 84 valence electrons. The summed E-state index contributed by atoms with van der Waals surface area (Å²) in [6.45, 7) is 0. The van der Waals surface area contributed by atoms with Crippen molar-refractivity contribution in [3.63, 3.8) is 0 Å². The maximum absolute atomic E-state index is 5.43. The maximum Gasteiger partial charge on any atom is 0.185 e. The number of benzene rings is 1. The topological polar surface area (TPSA) is 67.3 Å². The molecule has 6 heteroatoms. The normalized spacial score (nSPS) is 10.4. The summed E-state index contributed by atoms with van der Waals surface area (Å²) in [5.74, 6) is 0.548. The van der Waals surface area contributed by atoms with Crippen molar-refractivity contribution in [2.75, 3.05) is 24.3 Å². The van der Waals surface area contributed by atoms with Gasteiger partial charge >= 0.3 is 0 Å². The summed E-state index contributed by atoms with van der Waals surface area (Å²) in [6.07, 6.45) is 0. The number of nitrogens with zero attached hydrogens (tertiary/aromatic N) is 2. The number of aromatic nitrogens is 1. The Morgan fingerprint density at radius 1 is 1.50 bits per heavy atom. The first-order chi connectivity index (χ1) is 7.59. The van der Waals surface area contributed by atoms with Gasteiger partial charge in [0, 0.05) is 14.1 Å². The smallest absolute Gasteiger partial charge is 0.185 e. The van der Waals surface area contributed by atoms with E-state index in [4.69, 9.17) is 22.5 Å². The minimum absolute atomic E-state index is 0.170. The maximum atomic E-state index is 5.43. The molecule has 0 atom stereocenters. The first-order valence-corrected chi connectivity index (χ1v) is 5.12. The Bertz CT molecular complexity index is 535. The molecular formula is C10H12N4OS. The van der Waals surface area contributed by atoms with Gasteiger partial charge in [0.05, 0.1) is 11.1 Å². The fraction of sp³-hybridized carbons (Fsp3) is 0.200. The van der Waals surface area contributed by atoms with Gasteiger partial charge < -0.3 is 20.5 Å². The predicted octanol–water partition coefficient (Wildman–Crippen LogP) is 1.55. The molecule has 0 spiro atoms. The van der Waals surface area contributed by atoms with Crippen LogP contribution in [0.4, 0.5) is 11.5 Å². The second-order valence-electron chi connectivity index (χ2n) is 3.57. The van der Waals surface area contributed by atoms with E-state index in [-0.39, 0.29) is 5.11 Å². The monoisotopic (exact) mass is 236 g/mol. The zero-order chi connectivity index (χ0) is 11.7.